The zero-order valence-electron chi connectivity index (χ0n) is 16.9. The molecule has 152 valence electrons. The van der Waals surface area contributed by atoms with Crippen LogP contribution in [0.1, 0.15) is 45.0 Å². The summed E-state index contributed by atoms with van der Waals surface area (Å²) in [5, 5.41) is 9.35. The molecule has 1 atom stereocenters. The van der Waals surface area contributed by atoms with Gasteiger partial charge in [-0.3, -0.25) is 0 Å². The van der Waals surface area contributed by atoms with Crippen molar-refractivity contribution in [3.8, 4) is 0 Å². The summed E-state index contributed by atoms with van der Waals surface area (Å²) >= 11 is 0. The van der Waals surface area contributed by atoms with Gasteiger partial charge in [0.05, 0.1) is 11.6 Å². The van der Waals surface area contributed by atoms with Crippen LogP contribution in [0.2, 0.25) is 0 Å². The number of nitrogens with zero attached hydrogens (tertiary/aromatic N) is 3. The van der Waals surface area contributed by atoms with Crippen molar-refractivity contribution < 1.29 is 23.8 Å². The summed E-state index contributed by atoms with van der Waals surface area (Å²) in [5.74, 6) is -0.838. The molecule has 3 rings (SSSR count). The molecule has 1 aliphatic rings. The number of ether oxygens (including phenoxy) is 1. The van der Waals surface area contributed by atoms with Gasteiger partial charge in [0.2, 0.25) is 0 Å². The molecular formula is C20H27N3O5. The number of oxazole rings is 1. The van der Waals surface area contributed by atoms with Gasteiger partial charge in [-0.1, -0.05) is 19.9 Å². The summed E-state index contributed by atoms with van der Waals surface area (Å²) in [6.45, 7) is 11.2. The smallest absolute Gasteiger partial charge is 0.410 e. The highest BCUT2D eigenvalue weighted by molar-refractivity contribution is 6.00. The SMILES string of the molecule is CC(C)[C@H]1CN(c2nc3c(C(=O)O)cccc3o2)CCN1C(=O)OC(C)(C)C. The molecule has 1 aromatic carbocycles. The molecule has 0 spiro atoms. The van der Waals surface area contributed by atoms with Gasteiger partial charge >= 0.3 is 12.1 Å². The number of para-hydroxylation sites is 1. The van der Waals surface area contributed by atoms with Gasteiger partial charge in [-0.05, 0) is 38.8 Å². The van der Waals surface area contributed by atoms with E-state index in [1.807, 2.05) is 25.7 Å². The van der Waals surface area contributed by atoms with Gasteiger partial charge < -0.3 is 24.1 Å². The molecule has 1 fully saturated rings. The van der Waals surface area contributed by atoms with Crippen molar-refractivity contribution >= 4 is 29.2 Å². The minimum atomic E-state index is -1.04. The predicted molar refractivity (Wildman–Crippen MR) is 105 cm³/mol. The Labute approximate surface area is 164 Å². The van der Waals surface area contributed by atoms with Crippen LogP contribution >= 0.6 is 0 Å². The molecule has 8 nitrogen and oxygen atoms in total. The first-order valence-corrected chi connectivity index (χ1v) is 9.44. The second kappa shape index (κ2) is 7.33. The summed E-state index contributed by atoms with van der Waals surface area (Å²) in [4.78, 5) is 32.2. The van der Waals surface area contributed by atoms with Gasteiger partial charge in [0, 0.05) is 19.6 Å². The molecular weight excluding hydrogens is 362 g/mol. The average molecular weight is 389 g/mol. The third-order valence-electron chi connectivity index (χ3n) is 4.72. The molecule has 1 aromatic heterocycles. The van der Waals surface area contributed by atoms with E-state index in [1.54, 1.807) is 17.0 Å². The molecule has 28 heavy (non-hydrogen) atoms. The van der Waals surface area contributed by atoms with E-state index < -0.39 is 11.6 Å². The minimum Gasteiger partial charge on any atom is -0.478 e. The van der Waals surface area contributed by atoms with Gasteiger partial charge in [0.15, 0.2) is 5.58 Å². The maximum atomic E-state index is 12.6. The molecule has 1 saturated heterocycles. The fourth-order valence-corrected chi connectivity index (χ4v) is 3.35. The summed E-state index contributed by atoms with van der Waals surface area (Å²) < 4.78 is 11.4. The van der Waals surface area contributed by atoms with Gasteiger partial charge in [-0.2, -0.15) is 4.98 Å². The van der Waals surface area contributed by atoms with Crippen molar-refractivity contribution in [2.45, 2.75) is 46.3 Å². The molecule has 1 N–H and O–H groups in total. The van der Waals surface area contributed by atoms with E-state index >= 15 is 0 Å². The van der Waals surface area contributed by atoms with Crippen molar-refractivity contribution in [2.75, 3.05) is 24.5 Å². The Morgan fingerprint density at radius 3 is 2.61 bits per heavy atom. The number of carboxylic acid groups (broad SMARTS) is 1. The van der Waals surface area contributed by atoms with E-state index in [9.17, 15) is 14.7 Å². The molecule has 1 amide bonds. The van der Waals surface area contributed by atoms with Crippen LogP contribution in [0.25, 0.3) is 11.1 Å². The van der Waals surface area contributed by atoms with Crippen LogP contribution in [0.4, 0.5) is 10.8 Å². The van der Waals surface area contributed by atoms with Crippen molar-refractivity contribution in [2.24, 2.45) is 5.92 Å². The predicted octanol–water partition coefficient (Wildman–Crippen LogP) is 3.61. The van der Waals surface area contributed by atoms with E-state index in [-0.39, 0.29) is 23.6 Å². The van der Waals surface area contributed by atoms with Crippen LogP contribution < -0.4 is 4.90 Å². The van der Waals surface area contributed by atoms with Crippen LogP contribution in [0.15, 0.2) is 22.6 Å². The largest absolute Gasteiger partial charge is 0.478 e. The molecule has 8 heteroatoms. The minimum absolute atomic E-state index is 0.0717. The van der Waals surface area contributed by atoms with Crippen LogP contribution in [-0.2, 0) is 4.74 Å². The first kappa shape index (κ1) is 20.0. The van der Waals surface area contributed by atoms with E-state index in [1.165, 1.54) is 6.07 Å². The number of carboxylic acids is 1. The zero-order chi connectivity index (χ0) is 20.6. The first-order chi connectivity index (χ1) is 13.1. The van der Waals surface area contributed by atoms with E-state index in [2.05, 4.69) is 18.8 Å². The van der Waals surface area contributed by atoms with Gasteiger partial charge in [0.1, 0.15) is 11.1 Å². The normalized spacial score (nSPS) is 18.0. The van der Waals surface area contributed by atoms with Gasteiger partial charge in [-0.25, -0.2) is 9.59 Å². The summed E-state index contributed by atoms with van der Waals surface area (Å²) in [6, 6.07) is 5.15. The fraction of sp³-hybridized carbons (Fsp3) is 0.550. The number of amides is 1. The number of carbonyl (C=O) groups excluding carboxylic acids is 1. The lowest BCUT2D eigenvalue weighted by atomic mass is 10.00. The molecule has 2 aromatic rings. The molecule has 1 aliphatic heterocycles. The highest BCUT2D eigenvalue weighted by Crippen LogP contribution is 2.28. The Kier molecular flexibility index (Phi) is 5.23. The van der Waals surface area contributed by atoms with Crippen molar-refractivity contribution in [1.82, 2.24) is 9.88 Å². The molecule has 0 unspecified atom stereocenters. The second-order valence-electron chi connectivity index (χ2n) is 8.39. The number of hydrogen-bond donors (Lipinski definition) is 1. The number of hydrogen-bond acceptors (Lipinski definition) is 6. The Hall–Kier alpha value is -2.77. The van der Waals surface area contributed by atoms with Crippen LogP contribution in [-0.4, -0.2) is 58.3 Å². The number of benzene rings is 1. The topological polar surface area (TPSA) is 96.1 Å². The van der Waals surface area contributed by atoms with Crippen LogP contribution in [0.5, 0.6) is 0 Å². The van der Waals surface area contributed by atoms with E-state index in [0.29, 0.717) is 36.7 Å². The van der Waals surface area contributed by atoms with Crippen molar-refractivity contribution in [1.29, 1.82) is 0 Å². The molecule has 0 aliphatic carbocycles. The number of anilines is 1. The number of fused-ring (bicyclic) bond motifs is 1. The lowest BCUT2D eigenvalue weighted by molar-refractivity contribution is 0.00851. The number of aromatic nitrogens is 1. The summed E-state index contributed by atoms with van der Waals surface area (Å²) in [7, 11) is 0. The maximum Gasteiger partial charge on any atom is 0.410 e. The lowest BCUT2D eigenvalue weighted by Gasteiger charge is -2.42. The number of carbonyl (C=O) groups is 2. The molecule has 0 saturated carbocycles. The average Bonchev–Trinajstić information content (AvgIpc) is 3.03. The number of rotatable bonds is 3. The summed E-state index contributed by atoms with van der Waals surface area (Å²) in [5.41, 5.74) is 0.329. The Balaban J connectivity index is 1.84. The van der Waals surface area contributed by atoms with E-state index in [4.69, 9.17) is 9.15 Å². The van der Waals surface area contributed by atoms with Crippen LogP contribution in [0, 0.1) is 5.92 Å². The van der Waals surface area contributed by atoms with Crippen molar-refractivity contribution in [3.63, 3.8) is 0 Å². The van der Waals surface area contributed by atoms with Gasteiger partial charge in [-0.15, -0.1) is 0 Å². The first-order valence-electron chi connectivity index (χ1n) is 9.44. The molecule has 2 heterocycles. The fourth-order valence-electron chi connectivity index (χ4n) is 3.35. The summed E-state index contributed by atoms with van der Waals surface area (Å²) in [6.07, 6.45) is -0.323. The third-order valence-corrected chi connectivity index (χ3v) is 4.72. The van der Waals surface area contributed by atoms with Crippen LogP contribution in [0.3, 0.4) is 0 Å². The number of aromatic carboxylic acids is 1. The standard InChI is InChI=1S/C20H27N3O5/c1-12(2)14-11-22(9-10-23(14)19(26)28-20(3,4)5)18-21-16-13(17(24)25)7-6-8-15(16)27-18/h6-8,12,14H,9-11H2,1-5H3,(H,24,25)/t14-/m1/s1. The zero-order valence-corrected chi connectivity index (χ0v) is 16.9. The maximum absolute atomic E-state index is 12.6. The highest BCUT2D eigenvalue weighted by Gasteiger charge is 2.36. The van der Waals surface area contributed by atoms with E-state index in [0.717, 1.165) is 0 Å². The highest BCUT2D eigenvalue weighted by atomic mass is 16.6. The Morgan fingerprint density at radius 1 is 1.29 bits per heavy atom. The Morgan fingerprint density at radius 2 is 2.00 bits per heavy atom. The second-order valence-corrected chi connectivity index (χ2v) is 8.39. The van der Waals surface area contributed by atoms with Gasteiger partial charge in [0.25, 0.3) is 6.01 Å². The molecule has 0 radical (unpaired) electrons. The quantitative estimate of drug-likeness (QED) is 0.856. The lowest BCUT2D eigenvalue weighted by Crippen LogP contribution is -2.58. The Bertz CT molecular complexity index is 884. The monoisotopic (exact) mass is 389 g/mol. The third kappa shape index (κ3) is 4.05. The molecule has 0 bridgehead atoms. The van der Waals surface area contributed by atoms with Crippen molar-refractivity contribution in [3.05, 3.63) is 23.8 Å². The number of piperazine rings is 1.